The van der Waals surface area contributed by atoms with Gasteiger partial charge in [0.1, 0.15) is 0 Å². The van der Waals surface area contributed by atoms with E-state index in [9.17, 15) is 13.2 Å². The lowest BCUT2D eigenvalue weighted by molar-refractivity contribution is 0.0951. The zero-order valence-corrected chi connectivity index (χ0v) is 15.7. The van der Waals surface area contributed by atoms with Gasteiger partial charge in [-0.1, -0.05) is 37.1 Å². The second-order valence-electron chi connectivity index (χ2n) is 6.74. The molecular formula is C20H24N2O3S. The van der Waals surface area contributed by atoms with Crippen molar-refractivity contribution in [3.63, 3.8) is 0 Å². The summed E-state index contributed by atoms with van der Waals surface area (Å²) in [6.45, 7) is 2.44. The summed E-state index contributed by atoms with van der Waals surface area (Å²) in [6.07, 6.45) is 3.90. The minimum atomic E-state index is -3.53. The fourth-order valence-electron chi connectivity index (χ4n) is 3.20. The summed E-state index contributed by atoms with van der Waals surface area (Å²) in [4.78, 5) is 12.5. The zero-order valence-electron chi connectivity index (χ0n) is 14.9. The molecule has 0 atom stereocenters. The summed E-state index contributed by atoms with van der Waals surface area (Å²) in [5.74, 6) is -0.221. The van der Waals surface area contributed by atoms with Gasteiger partial charge in [-0.3, -0.25) is 4.79 Å². The SMILES string of the molecule is Cc1ccccc1CNC(=O)c1ccc(S(=O)(=O)NC2CCCC2)cc1. The van der Waals surface area contributed by atoms with Crippen molar-refractivity contribution >= 4 is 15.9 Å². The van der Waals surface area contributed by atoms with Crippen LogP contribution in [0.25, 0.3) is 0 Å². The minimum absolute atomic E-state index is 0.0251. The highest BCUT2D eigenvalue weighted by molar-refractivity contribution is 7.89. The Kier molecular flexibility index (Phi) is 5.74. The molecule has 3 rings (SSSR count). The Morgan fingerprint density at radius 1 is 1.04 bits per heavy atom. The zero-order chi connectivity index (χ0) is 18.6. The largest absolute Gasteiger partial charge is 0.348 e. The molecule has 1 saturated carbocycles. The van der Waals surface area contributed by atoms with Crippen LogP contribution in [0.15, 0.2) is 53.4 Å². The van der Waals surface area contributed by atoms with E-state index in [0.717, 1.165) is 36.8 Å². The van der Waals surface area contributed by atoms with Crippen molar-refractivity contribution in [2.24, 2.45) is 0 Å². The van der Waals surface area contributed by atoms with Gasteiger partial charge < -0.3 is 5.32 Å². The van der Waals surface area contributed by atoms with Crippen molar-refractivity contribution < 1.29 is 13.2 Å². The van der Waals surface area contributed by atoms with Gasteiger partial charge in [0.25, 0.3) is 5.91 Å². The molecule has 6 heteroatoms. The molecule has 0 bridgehead atoms. The number of aryl methyl sites for hydroxylation is 1. The predicted molar refractivity (Wildman–Crippen MR) is 101 cm³/mol. The van der Waals surface area contributed by atoms with E-state index in [1.807, 2.05) is 31.2 Å². The average Bonchev–Trinajstić information content (AvgIpc) is 3.13. The summed E-state index contributed by atoms with van der Waals surface area (Å²) in [6, 6.07) is 14.0. The lowest BCUT2D eigenvalue weighted by atomic mass is 10.1. The quantitative estimate of drug-likeness (QED) is 0.818. The number of hydrogen-bond donors (Lipinski definition) is 2. The molecule has 26 heavy (non-hydrogen) atoms. The van der Waals surface area contributed by atoms with Crippen LogP contribution in [0, 0.1) is 6.92 Å². The van der Waals surface area contributed by atoms with Crippen molar-refractivity contribution in [1.82, 2.24) is 10.0 Å². The van der Waals surface area contributed by atoms with Gasteiger partial charge in [0.2, 0.25) is 10.0 Å². The lowest BCUT2D eigenvalue weighted by Crippen LogP contribution is -2.32. The van der Waals surface area contributed by atoms with Gasteiger partial charge in [0, 0.05) is 18.2 Å². The smallest absolute Gasteiger partial charge is 0.251 e. The molecule has 2 aromatic carbocycles. The van der Waals surface area contributed by atoms with E-state index >= 15 is 0 Å². The number of hydrogen-bond acceptors (Lipinski definition) is 3. The highest BCUT2D eigenvalue weighted by Gasteiger charge is 2.23. The normalized spacial score (nSPS) is 15.1. The molecule has 2 N–H and O–H groups in total. The Balaban J connectivity index is 1.63. The van der Waals surface area contributed by atoms with Crippen molar-refractivity contribution in [3.8, 4) is 0 Å². The van der Waals surface area contributed by atoms with Crippen LogP contribution in [0.2, 0.25) is 0 Å². The number of sulfonamides is 1. The van der Waals surface area contributed by atoms with Crippen LogP contribution in [-0.2, 0) is 16.6 Å². The molecule has 0 aliphatic heterocycles. The van der Waals surface area contributed by atoms with Crippen LogP contribution in [0.5, 0.6) is 0 Å². The van der Waals surface area contributed by atoms with Crippen molar-refractivity contribution in [1.29, 1.82) is 0 Å². The Labute approximate surface area is 154 Å². The molecule has 1 aliphatic rings. The number of rotatable bonds is 6. The molecule has 138 valence electrons. The van der Waals surface area contributed by atoms with Gasteiger partial charge in [-0.15, -0.1) is 0 Å². The highest BCUT2D eigenvalue weighted by atomic mass is 32.2. The summed E-state index contributed by atoms with van der Waals surface area (Å²) in [7, 11) is -3.53. The molecule has 5 nitrogen and oxygen atoms in total. The molecule has 1 amide bonds. The maximum Gasteiger partial charge on any atom is 0.251 e. The Bertz CT molecular complexity index is 870. The second-order valence-corrected chi connectivity index (χ2v) is 8.45. The summed E-state index contributed by atoms with van der Waals surface area (Å²) >= 11 is 0. The molecule has 0 heterocycles. The predicted octanol–water partition coefficient (Wildman–Crippen LogP) is 3.15. The fourth-order valence-corrected chi connectivity index (χ4v) is 4.51. The average molecular weight is 372 g/mol. The van der Waals surface area contributed by atoms with E-state index in [4.69, 9.17) is 0 Å². The number of benzene rings is 2. The van der Waals surface area contributed by atoms with E-state index in [1.54, 1.807) is 12.1 Å². The van der Waals surface area contributed by atoms with Gasteiger partial charge >= 0.3 is 0 Å². The van der Waals surface area contributed by atoms with E-state index in [2.05, 4.69) is 10.0 Å². The highest BCUT2D eigenvalue weighted by Crippen LogP contribution is 2.20. The minimum Gasteiger partial charge on any atom is -0.348 e. The number of amides is 1. The molecule has 0 unspecified atom stereocenters. The molecule has 1 aliphatic carbocycles. The van der Waals surface area contributed by atoms with E-state index in [0.29, 0.717) is 12.1 Å². The standard InChI is InChI=1S/C20H24N2O3S/c1-15-6-2-3-7-17(15)14-21-20(23)16-10-12-19(13-11-16)26(24,25)22-18-8-4-5-9-18/h2-3,6-7,10-13,18,22H,4-5,8-9,14H2,1H3,(H,21,23). The first-order chi connectivity index (χ1) is 12.5. The monoisotopic (exact) mass is 372 g/mol. The van der Waals surface area contributed by atoms with Crippen LogP contribution in [0.3, 0.4) is 0 Å². The van der Waals surface area contributed by atoms with Gasteiger partial charge in [-0.25, -0.2) is 13.1 Å². The third kappa shape index (κ3) is 4.51. The van der Waals surface area contributed by atoms with Gasteiger partial charge in [-0.05, 0) is 55.2 Å². The van der Waals surface area contributed by atoms with E-state index in [-0.39, 0.29) is 16.8 Å². The maximum absolute atomic E-state index is 12.4. The molecule has 0 saturated heterocycles. The third-order valence-electron chi connectivity index (χ3n) is 4.80. The van der Waals surface area contributed by atoms with Gasteiger partial charge in [0.15, 0.2) is 0 Å². The first-order valence-corrected chi connectivity index (χ1v) is 10.4. The topological polar surface area (TPSA) is 75.3 Å². The Hall–Kier alpha value is -2.18. The number of nitrogens with one attached hydrogen (secondary N) is 2. The molecule has 1 fully saturated rings. The second kappa shape index (κ2) is 8.01. The third-order valence-corrected chi connectivity index (χ3v) is 6.34. The lowest BCUT2D eigenvalue weighted by Gasteiger charge is -2.13. The van der Waals surface area contributed by atoms with Crippen molar-refractivity contribution in [2.45, 2.75) is 50.1 Å². The van der Waals surface area contributed by atoms with Gasteiger partial charge in [0.05, 0.1) is 4.90 Å². The van der Waals surface area contributed by atoms with E-state index < -0.39 is 10.0 Å². The molecule has 0 radical (unpaired) electrons. The number of carbonyl (C=O) groups excluding carboxylic acids is 1. The first-order valence-electron chi connectivity index (χ1n) is 8.91. The number of carbonyl (C=O) groups is 1. The van der Waals surface area contributed by atoms with Crippen molar-refractivity contribution in [2.75, 3.05) is 0 Å². The van der Waals surface area contributed by atoms with Crippen LogP contribution in [0.1, 0.15) is 47.2 Å². The summed E-state index contributed by atoms with van der Waals surface area (Å²) in [5, 5.41) is 2.87. The van der Waals surface area contributed by atoms with Gasteiger partial charge in [-0.2, -0.15) is 0 Å². The maximum atomic E-state index is 12.4. The van der Waals surface area contributed by atoms with Crippen LogP contribution in [-0.4, -0.2) is 20.4 Å². The Morgan fingerprint density at radius 2 is 1.69 bits per heavy atom. The van der Waals surface area contributed by atoms with Crippen molar-refractivity contribution in [3.05, 3.63) is 65.2 Å². The summed E-state index contributed by atoms with van der Waals surface area (Å²) in [5.41, 5.74) is 2.62. The van der Waals surface area contributed by atoms with Crippen LogP contribution < -0.4 is 10.0 Å². The fraction of sp³-hybridized carbons (Fsp3) is 0.350. The van der Waals surface area contributed by atoms with E-state index in [1.165, 1.54) is 12.1 Å². The van der Waals surface area contributed by atoms with Crippen LogP contribution in [0.4, 0.5) is 0 Å². The molecule has 0 spiro atoms. The summed E-state index contributed by atoms with van der Waals surface area (Å²) < 4.78 is 27.6. The first kappa shape index (κ1) is 18.6. The Morgan fingerprint density at radius 3 is 2.35 bits per heavy atom. The molecule has 0 aromatic heterocycles. The van der Waals surface area contributed by atoms with Crippen LogP contribution >= 0.6 is 0 Å². The molecular weight excluding hydrogens is 348 g/mol. The molecule has 2 aromatic rings.